The molecule has 0 saturated carbocycles. The maximum atomic E-state index is 5.65. The molecule has 0 bridgehead atoms. The molecule has 14 heavy (non-hydrogen) atoms. The third-order valence-electron chi connectivity index (χ3n) is 1.64. The molecule has 78 valence electrons. The Morgan fingerprint density at radius 1 is 1.00 bits per heavy atom. The maximum absolute atomic E-state index is 5.65. The highest BCUT2D eigenvalue weighted by atomic mass is 14.8. The lowest BCUT2D eigenvalue weighted by atomic mass is 10.2. The van der Waals surface area contributed by atoms with Crippen molar-refractivity contribution in [3.05, 3.63) is 30.5 Å². The molecular formula is C12H20N2. The van der Waals surface area contributed by atoms with Crippen LogP contribution in [-0.4, -0.2) is 4.98 Å². The van der Waals surface area contributed by atoms with Crippen LogP contribution in [0.4, 0.5) is 5.82 Å². The van der Waals surface area contributed by atoms with E-state index in [2.05, 4.69) is 4.98 Å². The van der Waals surface area contributed by atoms with E-state index in [0.29, 0.717) is 0 Å². The van der Waals surface area contributed by atoms with E-state index in [1.165, 1.54) is 5.56 Å². The number of nitrogens with one attached hydrogen (secondary N) is 1. The van der Waals surface area contributed by atoms with E-state index in [1.54, 1.807) is 0 Å². The van der Waals surface area contributed by atoms with E-state index in [9.17, 15) is 0 Å². The van der Waals surface area contributed by atoms with E-state index in [0.717, 1.165) is 11.4 Å². The second kappa shape index (κ2) is 7.01. The molecule has 0 aromatic rings. The summed E-state index contributed by atoms with van der Waals surface area (Å²) in [5.74, 6) is 0.738. The molecule has 0 fully saturated rings. The van der Waals surface area contributed by atoms with Gasteiger partial charge in [-0.05, 0) is 11.6 Å². The molecule has 0 aromatic carbocycles. The van der Waals surface area contributed by atoms with Gasteiger partial charge in [0.15, 0.2) is 0 Å². The highest BCUT2D eigenvalue weighted by Crippen LogP contribution is 2.25. The maximum Gasteiger partial charge on any atom is 0.108 e. The second-order valence-electron chi connectivity index (χ2n) is 2.29. The predicted molar refractivity (Wildman–Crippen MR) is 64.5 cm³/mol. The zero-order chi connectivity index (χ0) is 11.0. The summed E-state index contributed by atoms with van der Waals surface area (Å²) in [5.41, 5.74) is 7.94. The van der Waals surface area contributed by atoms with E-state index >= 15 is 0 Å². The zero-order valence-corrected chi connectivity index (χ0v) is 9.46. The summed E-state index contributed by atoms with van der Waals surface area (Å²) in [6.45, 7) is 8.00. The van der Waals surface area contributed by atoms with Gasteiger partial charge in [-0.15, -0.1) is 0 Å². The fourth-order valence-corrected chi connectivity index (χ4v) is 1.12. The third-order valence-corrected chi connectivity index (χ3v) is 1.64. The average Bonchev–Trinajstić information content (AvgIpc) is 2.73. The largest absolute Gasteiger partial charge is 0.385 e. The SMILES string of the molecule is CC.CC.Nc1[nH]ccc2cccc1-2. The van der Waals surface area contributed by atoms with Crippen molar-refractivity contribution in [2.75, 3.05) is 5.73 Å². The van der Waals surface area contributed by atoms with Gasteiger partial charge in [0.1, 0.15) is 5.82 Å². The lowest BCUT2D eigenvalue weighted by Crippen LogP contribution is -1.91. The van der Waals surface area contributed by atoms with Gasteiger partial charge in [0.05, 0.1) is 0 Å². The molecule has 0 aromatic heterocycles. The van der Waals surface area contributed by atoms with Gasteiger partial charge in [0, 0.05) is 11.8 Å². The number of anilines is 1. The Morgan fingerprint density at radius 3 is 2.21 bits per heavy atom. The Labute approximate surface area is 86.5 Å². The minimum Gasteiger partial charge on any atom is -0.385 e. The van der Waals surface area contributed by atoms with Crippen molar-refractivity contribution >= 4 is 5.82 Å². The van der Waals surface area contributed by atoms with Crippen molar-refractivity contribution in [3.63, 3.8) is 0 Å². The van der Waals surface area contributed by atoms with Crippen molar-refractivity contribution in [2.24, 2.45) is 0 Å². The molecule has 2 rings (SSSR count). The number of aromatic amines is 1. The van der Waals surface area contributed by atoms with Gasteiger partial charge in [0.25, 0.3) is 0 Å². The number of aromatic nitrogens is 1. The quantitative estimate of drug-likeness (QED) is 0.655. The summed E-state index contributed by atoms with van der Waals surface area (Å²) in [5, 5.41) is 0. The Hall–Kier alpha value is -1.44. The number of hydrogen-bond donors (Lipinski definition) is 2. The summed E-state index contributed by atoms with van der Waals surface area (Å²) in [4.78, 5) is 2.94. The number of H-pyrrole nitrogens is 1. The summed E-state index contributed by atoms with van der Waals surface area (Å²) in [7, 11) is 0. The third kappa shape index (κ3) is 2.80. The minimum atomic E-state index is 0.738. The molecule has 0 radical (unpaired) electrons. The lowest BCUT2D eigenvalue weighted by Gasteiger charge is -2.00. The number of nitrogen functional groups attached to an aromatic ring is 1. The van der Waals surface area contributed by atoms with Crippen LogP contribution in [0.2, 0.25) is 0 Å². The van der Waals surface area contributed by atoms with Crippen LogP contribution in [-0.2, 0) is 0 Å². The highest BCUT2D eigenvalue weighted by Gasteiger charge is 2.02. The molecular weight excluding hydrogens is 172 g/mol. The number of nitrogens with two attached hydrogens (primary N) is 1. The Balaban J connectivity index is 0.000000379. The van der Waals surface area contributed by atoms with Gasteiger partial charge >= 0.3 is 0 Å². The minimum absolute atomic E-state index is 0.738. The van der Waals surface area contributed by atoms with Crippen LogP contribution in [0.25, 0.3) is 11.1 Å². The Morgan fingerprint density at radius 2 is 1.64 bits per heavy atom. The monoisotopic (exact) mass is 192 g/mol. The van der Waals surface area contributed by atoms with Gasteiger partial charge in [-0.2, -0.15) is 0 Å². The van der Waals surface area contributed by atoms with Crippen LogP contribution in [0, 0.1) is 0 Å². The normalized spacial score (nSPS) is 8.29. The molecule has 1 aliphatic heterocycles. The standard InChI is InChI=1S/C8H8N2.2C2H6/c9-8-7-3-1-2-6(7)4-5-10-8;2*1-2/h1-5,10H,9H2;2*1-2H3. The number of rotatable bonds is 0. The number of fused-ring (bicyclic) bond motifs is 1. The molecule has 3 N–H and O–H groups in total. The van der Waals surface area contributed by atoms with E-state index in [1.807, 2.05) is 58.2 Å². The molecule has 0 unspecified atom stereocenters. The van der Waals surface area contributed by atoms with Gasteiger partial charge < -0.3 is 10.7 Å². The Kier molecular flexibility index (Phi) is 6.29. The van der Waals surface area contributed by atoms with Crippen molar-refractivity contribution < 1.29 is 0 Å². The summed E-state index contributed by atoms with van der Waals surface area (Å²) >= 11 is 0. The smallest absolute Gasteiger partial charge is 0.108 e. The highest BCUT2D eigenvalue weighted by molar-refractivity contribution is 5.75. The zero-order valence-electron chi connectivity index (χ0n) is 9.46. The van der Waals surface area contributed by atoms with Crippen molar-refractivity contribution in [3.8, 4) is 11.1 Å². The van der Waals surface area contributed by atoms with E-state index in [4.69, 9.17) is 5.73 Å². The fourth-order valence-electron chi connectivity index (χ4n) is 1.12. The lowest BCUT2D eigenvalue weighted by molar-refractivity contribution is 1.34. The molecule has 2 aliphatic rings. The molecule has 0 spiro atoms. The van der Waals surface area contributed by atoms with Crippen LogP contribution in [0.15, 0.2) is 30.5 Å². The first-order valence-corrected chi connectivity index (χ1v) is 5.19. The fraction of sp³-hybridized carbons (Fsp3) is 0.333. The number of hydrogen-bond acceptors (Lipinski definition) is 1. The van der Waals surface area contributed by atoms with Crippen LogP contribution in [0.5, 0.6) is 0 Å². The molecule has 2 nitrogen and oxygen atoms in total. The van der Waals surface area contributed by atoms with E-state index in [-0.39, 0.29) is 0 Å². The summed E-state index contributed by atoms with van der Waals surface area (Å²) in [6, 6.07) is 8.04. The predicted octanol–water partition coefficient (Wildman–Crippen LogP) is 3.75. The molecule has 0 atom stereocenters. The van der Waals surface area contributed by atoms with Gasteiger partial charge in [-0.1, -0.05) is 45.9 Å². The van der Waals surface area contributed by atoms with Gasteiger partial charge in [-0.25, -0.2) is 0 Å². The van der Waals surface area contributed by atoms with Crippen LogP contribution < -0.4 is 5.73 Å². The second-order valence-corrected chi connectivity index (χ2v) is 2.29. The average molecular weight is 192 g/mol. The first-order valence-electron chi connectivity index (χ1n) is 5.19. The van der Waals surface area contributed by atoms with E-state index < -0.39 is 0 Å². The molecule has 0 amide bonds. The van der Waals surface area contributed by atoms with Gasteiger partial charge in [0.2, 0.25) is 0 Å². The molecule has 1 aliphatic carbocycles. The molecule has 0 saturated heterocycles. The van der Waals surface area contributed by atoms with Crippen LogP contribution >= 0.6 is 0 Å². The first-order chi connectivity index (χ1) is 6.88. The van der Waals surface area contributed by atoms with Crippen molar-refractivity contribution in [1.29, 1.82) is 0 Å². The summed E-state index contributed by atoms with van der Waals surface area (Å²) < 4.78 is 0. The van der Waals surface area contributed by atoms with Gasteiger partial charge in [-0.3, -0.25) is 0 Å². The Bertz CT molecular complexity index is 312. The molecule has 1 heterocycles. The van der Waals surface area contributed by atoms with Crippen LogP contribution in [0.1, 0.15) is 27.7 Å². The first kappa shape index (κ1) is 12.6. The topological polar surface area (TPSA) is 41.8 Å². The summed E-state index contributed by atoms with van der Waals surface area (Å²) in [6.07, 6.45) is 1.84. The molecule has 2 heteroatoms. The number of pyridine rings is 1. The van der Waals surface area contributed by atoms with Crippen molar-refractivity contribution in [2.45, 2.75) is 27.7 Å². The van der Waals surface area contributed by atoms with Crippen molar-refractivity contribution in [1.82, 2.24) is 4.98 Å². The van der Waals surface area contributed by atoms with Crippen LogP contribution in [0.3, 0.4) is 0 Å².